The van der Waals surface area contributed by atoms with Crippen molar-refractivity contribution in [2.45, 2.75) is 26.4 Å². The number of halogens is 1. The number of morpholine rings is 1. The minimum atomic E-state index is -0.294. The van der Waals surface area contributed by atoms with Crippen LogP contribution in [0.4, 0.5) is 0 Å². The van der Waals surface area contributed by atoms with Gasteiger partial charge >= 0.3 is 0 Å². The van der Waals surface area contributed by atoms with Crippen molar-refractivity contribution < 1.29 is 14.1 Å². The highest BCUT2D eigenvalue weighted by Gasteiger charge is 2.27. The van der Waals surface area contributed by atoms with Gasteiger partial charge in [-0.2, -0.15) is 0 Å². The van der Waals surface area contributed by atoms with Crippen molar-refractivity contribution in [1.29, 1.82) is 0 Å². The molecule has 3 aromatic rings. The smallest absolute Gasteiger partial charge is 0.254 e. The highest BCUT2D eigenvalue weighted by Crippen LogP contribution is 2.29. The molecule has 1 amide bonds. The molecule has 1 aliphatic rings. The van der Waals surface area contributed by atoms with Gasteiger partial charge in [0.05, 0.1) is 35.8 Å². The summed E-state index contributed by atoms with van der Waals surface area (Å²) in [6.45, 7) is 5.36. The maximum atomic E-state index is 12.9. The van der Waals surface area contributed by atoms with E-state index in [0.29, 0.717) is 30.3 Å². The monoisotopic (exact) mass is 411 g/mol. The normalized spacial score (nSPS) is 16.8. The van der Waals surface area contributed by atoms with Gasteiger partial charge < -0.3 is 14.2 Å². The lowest BCUT2D eigenvalue weighted by atomic mass is 10.1. The average molecular weight is 412 g/mol. The van der Waals surface area contributed by atoms with Gasteiger partial charge in [0.25, 0.3) is 5.91 Å². The molecular weight excluding hydrogens is 390 g/mol. The van der Waals surface area contributed by atoms with Crippen LogP contribution in [-0.2, 0) is 11.2 Å². The van der Waals surface area contributed by atoms with Crippen LogP contribution >= 0.6 is 11.6 Å². The molecule has 1 aliphatic heterocycles. The third-order valence-corrected chi connectivity index (χ3v) is 5.27. The molecule has 1 aromatic carbocycles. The van der Waals surface area contributed by atoms with Gasteiger partial charge in [-0.3, -0.25) is 4.79 Å². The quantitative estimate of drug-likeness (QED) is 0.633. The molecule has 0 bridgehead atoms. The topological polar surface area (TPSA) is 68.5 Å². The van der Waals surface area contributed by atoms with Gasteiger partial charge in [-0.05, 0) is 37.3 Å². The van der Waals surface area contributed by atoms with Crippen LogP contribution in [0, 0.1) is 6.92 Å². The third kappa shape index (κ3) is 4.04. The fraction of sp³-hybridized carbons (Fsp3) is 0.318. The SMILES string of the molecule is CCc1onc(C)c1-c1cccc(C2CN(C(=O)c3cccc(Cl)c3)CCO2)n1. The van der Waals surface area contributed by atoms with Gasteiger partial charge in [-0.25, -0.2) is 4.98 Å². The molecule has 0 spiro atoms. The molecule has 2 aromatic heterocycles. The summed E-state index contributed by atoms with van der Waals surface area (Å²) >= 11 is 6.04. The van der Waals surface area contributed by atoms with Gasteiger partial charge in [0, 0.05) is 23.6 Å². The Morgan fingerprint density at radius 2 is 2.10 bits per heavy atom. The van der Waals surface area contributed by atoms with E-state index in [-0.39, 0.29) is 12.0 Å². The number of aryl methyl sites for hydroxylation is 2. The summed E-state index contributed by atoms with van der Waals surface area (Å²) in [5.41, 5.74) is 3.91. The fourth-order valence-electron chi connectivity index (χ4n) is 3.57. The molecule has 4 rings (SSSR count). The first-order valence-corrected chi connectivity index (χ1v) is 10.0. The molecule has 0 radical (unpaired) electrons. The van der Waals surface area contributed by atoms with Gasteiger partial charge in [0.2, 0.25) is 0 Å². The van der Waals surface area contributed by atoms with Crippen molar-refractivity contribution in [3.8, 4) is 11.3 Å². The maximum Gasteiger partial charge on any atom is 0.254 e. The molecule has 6 nitrogen and oxygen atoms in total. The first-order chi connectivity index (χ1) is 14.1. The van der Waals surface area contributed by atoms with Crippen LogP contribution in [0.2, 0.25) is 5.02 Å². The summed E-state index contributed by atoms with van der Waals surface area (Å²) in [5.74, 6) is 0.759. The standard InChI is InChI=1S/C22H22ClN3O3/c1-3-19-21(14(2)25-29-19)18-9-5-8-17(24-18)20-13-26(10-11-28-20)22(27)15-6-4-7-16(23)12-15/h4-9,12,20H,3,10-11,13H2,1-2H3. The van der Waals surface area contributed by atoms with Crippen molar-refractivity contribution in [2.75, 3.05) is 19.7 Å². The highest BCUT2D eigenvalue weighted by atomic mass is 35.5. The predicted octanol–water partition coefficient (Wildman–Crippen LogP) is 4.47. The Hall–Kier alpha value is -2.70. The van der Waals surface area contributed by atoms with E-state index in [2.05, 4.69) is 5.16 Å². The molecular formula is C22H22ClN3O3. The highest BCUT2D eigenvalue weighted by molar-refractivity contribution is 6.30. The second-order valence-corrected chi connectivity index (χ2v) is 7.42. The zero-order valence-electron chi connectivity index (χ0n) is 16.4. The van der Waals surface area contributed by atoms with E-state index >= 15 is 0 Å². The molecule has 1 fully saturated rings. The van der Waals surface area contributed by atoms with Gasteiger partial charge in [-0.15, -0.1) is 0 Å². The molecule has 0 N–H and O–H groups in total. The van der Waals surface area contributed by atoms with E-state index in [4.69, 9.17) is 25.8 Å². The zero-order chi connectivity index (χ0) is 20.4. The minimum absolute atomic E-state index is 0.0555. The summed E-state index contributed by atoms with van der Waals surface area (Å²) in [6, 6.07) is 12.8. The summed E-state index contributed by atoms with van der Waals surface area (Å²) in [5, 5.41) is 4.62. The summed E-state index contributed by atoms with van der Waals surface area (Å²) in [6.07, 6.45) is 0.446. The summed E-state index contributed by atoms with van der Waals surface area (Å²) < 4.78 is 11.3. The fourth-order valence-corrected chi connectivity index (χ4v) is 3.76. The number of hydrogen-bond acceptors (Lipinski definition) is 5. The van der Waals surface area contributed by atoms with Crippen LogP contribution < -0.4 is 0 Å². The van der Waals surface area contributed by atoms with Crippen LogP contribution in [0.25, 0.3) is 11.3 Å². The Kier molecular flexibility index (Phi) is 5.65. The van der Waals surface area contributed by atoms with Gasteiger partial charge in [0.1, 0.15) is 11.9 Å². The maximum absolute atomic E-state index is 12.9. The van der Waals surface area contributed by atoms with Crippen LogP contribution in [0.5, 0.6) is 0 Å². The van der Waals surface area contributed by atoms with Gasteiger partial charge in [0.15, 0.2) is 0 Å². The van der Waals surface area contributed by atoms with E-state index in [1.807, 2.05) is 32.0 Å². The number of nitrogens with zero attached hydrogens (tertiary/aromatic N) is 3. The van der Waals surface area contributed by atoms with E-state index in [1.165, 1.54) is 0 Å². The molecule has 0 saturated carbocycles. The number of aromatic nitrogens is 2. The largest absolute Gasteiger partial charge is 0.368 e. The van der Waals surface area contributed by atoms with E-state index in [1.54, 1.807) is 29.2 Å². The van der Waals surface area contributed by atoms with E-state index in [0.717, 1.165) is 34.8 Å². The number of pyridine rings is 1. The Labute approximate surface area is 174 Å². The van der Waals surface area contributed by atoms with Crippen molar-refractivity contribution in [3.05, 3.63) is 70.2 Å². The Bertz CT molecular complexity index is 1030. The molecule has 1 saturated heterocycles. The Morgan fingerprint density at radius 3 is 2.90 bits per heavy atom. The second kappa shape index (κ2) is 8.35. The lowest BCUT2D eigenvalue weighted by molar-refractivity contribution is -0.0246. The molecule has 150 valence electrons. The Morgan fingerprint density at radius 1 is 1.28 bits per heavy atom. The van der Waals surface area contributed by atoms with Crippen molar-refractivity contribution in [1.82, 2.24) is 15.0 Å². The van der Waals surface area contributed by atoms with Crippen LogP contribution in [0.15, 0.2) is 47.0 Å². The number of rotatable bonds is 4. The summed E-state index contributed by atoms with van der Waals surface area (Å²) in [4.78, 5) is 19.5. The van der Waals surface area contributed by atoms with Crippen LogP contribution in [0.1, 0.15) is 40.5 Å². The average Bonchev–Trinajstić information content (AvgIpc) is 3.14. The molecule has 29 heavy (non-hydrogen) atoms. The zero-order valence-corrected chi connectivity index (χ0v) is 17.1. The number of ether oxygens (including phenoxy) is 1. The Balaban J connectivity index is 1.57. The molecule has 7 heteroatoms. The lowest BCUT2D eigenvalue weighted by Gasteiger charge is -2.33. The molecule has 1 atom stereocenters. The minimum Gasteiger partial charge on any atom is -0.368 e. The second-order valence-electron chi connectivity index (χ2n) is 6.99. The molecule has 3 heterocycles. The van der Waals surface area contributed by atoms with Crippen molar-refractivity contribution >= 4 is 17.5 Å². The lowest BCUT2D eigenvalue weighted by Crippen LogP contribution is -2.42. The predicted molar refractivity (Wildman–Crippen MR) is 110 cm³/mol. The van der Waals surface area contributed by atoms with Crippen molar-refractivity contribution in [3.63, 3.8) is 0 Å². The number of carbonyl (C=O) groups is 1. The van der Waals surface area contributed by atoms with Crippen LogP contribution in [0.3, 0.4) is 0 Å². The molecule has 1 unspecified atom stereocenters. The number of benzene rings is 1. The molecule has 0 aliphatic carbocycles. The number of amides is 1. The van der Waals surface area contributed by atoms with E-state index in [9.17, 15) is 4.79 Å². The van der Waals surface area contributed by atoms with Crippen molar-refractivity contribution in [2.24, 2.45) is 0 Å². The van der Waals surface area contributed by atoms with Gasteiger partial charge in [-0.1, -0.05) is 35.8 Å². The number of carbonyl (C=O) groups excluding carboxylic acids is 1. The van der Waals surface area contributed by atoms with E-state index < -0.39 is 0 Å². The third-order valence-electron chi connectivity index (χ3n) is 5.04. The first kappa shape index (κ1) is 19.6. The number of hydrogen-bond donors (Lipinski definition) is 0. The van der Waals surface area contributed by atoms with Crippen LogP contribution in [-0.4, -0.2) is 40.6 Å². The first-order valence-electron chi connectivity index (χ1n) is 9.65. The summed E-state index contributed by atoms with van der Waals surface area (Å²) in [7, 11) is 0.